The van der Waals surface area contributed by atoms with Crippen LogP contribution in [0.2, 0.25) is 5.02 Å². The number of halogens is 1. The van der Waals surface area contributed by atoms with Crippen molar-refractivity contribution in [1.82, 2.24) is 20.1 Å². The fourth-order valence-corrected chi connectivity index (χ4v) is 6.16. The van der Waals surface area contributed by atoms with Crippen LogP contribution in [-0.2, 0) is 11.3 Å². The lowest BCUT2D eigenvalue weighted by Gasteiger charge is -2.41. The Labute approximate surface area is 210 Å². The molecule has 1 fully saturated rings. The van der Waals surface area contributed by atoms with Crippen molar-refractivity contribution in [2.75, 3.05) is 4.90 Å². The van der Waals surface area contributed by atoms with E-state index in [0.29, 0.717) is 16.4 Å². The number of pyridine rings is 1. The summed E-state index contributed by atoms with van der Waals surface area (Å²) in [6.45, 7) is 0.211. The van der Waals surface area contributed by atoms with Crippen LogP contribution in [0.15, 0.2) is 85.3 Å². The first-order valence-electron chi connectivity index (χ1n) is 11.0. The number of imide groups is 1. The van der Waals surface area contributed by atoms with E-state index in [-0.39, 0.29) is 12.5 Å². The molecule has 6 rings (SSSR count). The summed E-state index contributed by atoms with van der Waals surface area (Å²) in [7, 11) is 0. The van der Waals surface area contributed by atoms with Gasteiger partial charge in [0, 0.05) is 38.7 Å². The number of hydrogen-bond donors (Lipinski definition) is 0. The van der Waals surface area contributed by atoms with Crippen LogP contribution in [0, 0.1) is 0 Å². The molecule has 2 aliphatic heterocycles. The Morgan fingerprint density at radius 2 is 1.80 bits per heavy atom. The van der Waals surface area contributed by atoms with Crippen LogP contribution in [-0.4, -0.2) is 43.3 Å². The molecule has 9 heteroatoms. The van der Waals surface area contributed by atoms with E-state index in [0.717, 1.165) is 21.2 Å². The maximum Gasteiger partial charge on any atom is 0.332 e. The lowest BCUT2D eigenvalue weighted by atomic mass is 10.0. The lowest BCUT2D eigenvalue weighted by molar-refractivity contribution is -0.119. The molecule has 2 aromatic carbocycles. The average Bonchev–Trinajstić information content (AvgIpc) is 3.33. The molecule has 2 aliphatic rings. The third-order valence-corrected chi connectivity index (χ3v) is 7.81. The van der Waals surface area contributed by atoms with Gasteiger partial charge in [-0.05, 0) is 24.3 Å². The van der Waals surface area contributed by atoms with E-state index in [1.807, 2.05) is 60.7 Å². The van der Waals surface area contributed by atoms with Crippen molar-refractivity contribution in [2.24, 2.45) is 0 Å². The molecule has 4 aromatic rings. The van der Waals surface area contributed by atoms with E-state index in [2.05, 4.69) is 15.2 Å². The normalized spacial score (nSPS) is 19.7. The van der Waals surface area contributed by atoms with Gasteiger partial charge in [0.15, 0.2) is 0 Å². The van der Waals surface area contributed by atoms with Crippen LogP contribution in [0.1, 0.15) is 11.3 Å². The smallest absolute Gasteiger partial charge is 0.310 e. The molecule has 4 heterocycles. The molecule has 0 spiro atoms. The number of hydrogen-bond acceptors (Lipinski definition) is 6. The first-order chi connectivity index (χ1) is 17.1. The van der Waals surface area contributed by atoms with Gasteiger partial charge in [-0.3, -0.25) is 9.78 Å². The number of carbonyl (C=O) groups is 2. The van der Waals surface area contributed by atoms with Crippen LogP contribution < -0.4 is 4.90 Å². The summed E-state index contributed by atoms with van der Waals surface area (Å²) >= 11 is 7.89. The zero-order valence-corrected chi connectivity index (χ0v) is 19.9. The zero-order chi connectivity index (χ0) is 23.9. The summed E-state index contributed by atoms with van der Waals surface area (Å²) in [5, 5.41) is 9.82. The van der Waals surface area contributed by atoms with Crippen LogP contribution in [0.5, 0.6) is 0 Å². The molecule has 172 valence electrons. The third-order valence-electron chi connectivity index (χ3n) is 6.13. The average molecular weight is 500 g/mol. The van der Waals surface area contributed by atoms with E-state index in [4.69, 9.17) is 11.6 Å². The van der Waals surface area contributed by atoms with Crippen molar-refractivity contribution in [1.29, 1.82) is 0 Å². The Morgan fingerprint density at radius 3 is 2.63 bits per heavy atom. The molecule has 0 bridgehead atoms. The van der Waals surface area contributed by atoms with Gasteiger partial charge < -0.3 is 4.90 Å². The van der Waals surface area contributed by atoms with Gasteiger partial charge in [-0.15, -0.1) is 11.8 Å². The monoisotopic (exact) mass is 499 g/mol. The summed E-state index contributed by atoms with van der Waals surface area (Å²) < 4.78 is 0. The molecular weight excluding hydrogens is 482 g/mol. The van der Waals surface area contributed by atoms with E-state index in [1.54, 1.807) is 29.6 Å². The Morgan fingerprint density at radius 1 is 0.971 bits per heavy atom. The van der Waals surface area contributed by atoms with Crippen molar-refractivity contribution < 1.29 is 9.59 Å². The minimum Gasteiger partial charge on any atom is -0.310 e. The van der Waals surface area contributed by atoms with Crippen molar-refractivity contribution in [3.05, 3.63) is 102 Å². The second-order valence-electron chi connectivity index (χ2n) is 8.22. The van der Waals surface area contributed by atoms with Gasteiger partial charge in [0.1, 0.15) is 5.25 Å². The number of nitrogens with zero attached hydrogens (tertiary/aromatic N) is 5. The highest BCUT2D eigenvalue weighted by atomic mass is 35.5. The molecular formula is C26H18ClN5O2S. The first kappa shape index (κ1) is 21.8. The number of aromatic nitrogens is 3. The highest BCUT2D eigenvalue weighted by molar-refractivity contribution is 8.09. The van der Waals surface area contributed by atoms with E-state index >= 15 is 0 Å². The lowest BCUT2D eigenvalue weighted by Crippen LogP contribution is -2.61. The topological polar surface area (TPSA) is 79.3 Å². The van der Waals surface area contributed by atoms with Crippen molar-refractivity contribution >= 4 is 56.7 Å². The predicted octanol–water partition coefficient (Wildman–Crippen LogP) is 5.17. The summed E-state index contributed by atoms with van der Waals surface area (Å²) in [6.07, 6.45) is 6.84. The molecule has 0 radical (unpaired) electrons. The van der Waals surface area contributed by atoms with E-state index in [9.17, 15) is 9.59 Å². The molecule has 2 atom stereocenters. The largest absolute Gasteiger partial charge is 0.332 e. The summed E-state index contributed by atoms with van der Waals surface area (Å²) in [6, 6.07) is 17.8. The fourth-order valence-electron chi connectivity index (χ4n) is 4.50. The molecule has 2 aromatic heterocycles. The summed E-state index contributed by atoms with van der Waals surface area (Å²) in [5.41, 5.74) is 1.94. The Bertz CT molecular complexity index is 1490. The molecule has 35 heavy (non-hydrogen) atoms. The van der Waals surface area contributed by atoms with Crippen molar-refractivity contribution in [3.63, 3.8) is 0 Å². The maximum absolute atomic E-state index is 13.9. The highest BCUT2D eigenvalue weighted by Gasteiger charge is 2.50. The van der Waals surface area contributed by atoms with Gasteiger partial charge in [0.2, 0.25) is 0 Å². The third kappa shape index (κ3) is 3.75. The minimum atomic E-state index is -0.533. The van der Waals surface area contributed by atoms with Crippen LogP contribution in [0.3, 0.4) is 0 Å². The SMILES string of the molecule is O=C1C2SC(c3ccccc3Cl)=CC2N(Cc2cccnn2)C(=O)N1c1cncc2ccccc12. The highest BCUT2D eigenvalue weighted by Crippen LogP contribution is 2.47. The molecule has 3 amide bonds. The zero-order valence-electron chi connectivity index (χ0n) is 18.3. The fraction of sp³-hybridized carbons (Fsp3) is 0.115. The Balaban J connectivity index is 1.46. The van der Waals surface area contributed by atoms with Crippen LogP contribution >= 0.6 is 23.4 Å². The van der Waals surface area contributed by atoms with Gasteiger partial charge in [-0.25, -0.2) is 9.69 Å². The molecule has 0 N–H and O–H groups in total. The summed E-state index contributed by atoms with van der Waals surface area (Å²) in [5.74, 6) is -0.281. The number of thioether (sulfide) groups is 1. The van der Waals surface area contributed by atoms with E-state index in [1.165, 1.54) is 16.7 Å². The number of urea groups is 1. The van der Waals surface area contributed by atoms with Gasteiger partial charge in [-0.1, -0.05) is 54.1 Å². The van der Waals surface area contributed by atoms with Gasteiger partial charge in [0.25, 0.3) is 5.91 Å². The second kappa shape index (κ2) is 8.79. The number of fused-ring (bicyclic) bond motifs is 2. The molecule has 0 aliphatic carbocycles. The van der Waals surface area contributed by atoms with Crippen LogP contribution in [0.25, 0.3) is 15.7 Å². The number of benzene rings is 2. The second-order valence-corrected chi connectivity index (χ2v) is 9.81. The molecule has 0 saturated carbocycles. The molecule has 7 nitrogen and oxygen atoms in total. The molecule has 1 saturated heterocycles. The molecule has 2 unspecified atom stereocenters. The number of anilines is 1. The maximum atomic E-state index is 13.9. The van der Waals surface area contributed by atoms with Crippen LogP contribution in [0.4, 0.5) is 10.5 Å². The number of amides is 3. The minimum absolute atomic E-state index is 0.211. The van der Waals surface area contributed by atoms with Gasteiger partial charge in [-0.2, -0.15) is 10.2 Å². The predicted molar refractivity (Wildman–Crippen MR) is 137 cm³/mol. The van der Waals surface area contributed by atoms with Gasteiger partial charge >= 0.3 is 6.03 Å². The van der Waals surface area contributed by atoms with Gasteiger partial charge in [0.05, 0.1) is 30.2 Å². The Kier molecular flexibility index (Phi) is 5.47. The Hall–Kier alpha value is -3.75. The first-order valence-corrected chi connectivity index (χ1v) is 12.2. The number of rotatable bonds is 4. The van der Waals surface area contributed by atoms with Crippen molar-refractivity contribution in [2.45, 2.75) is 17.8 Å². The standard InChI is InChI=1S/C26H18ClN5O2S/c27-20-10-4-3-9-19(20)23-12-21-24(35-23)25(33)32(22-14-28-13-16-6-1-2-8-18(16)22)26(34)31(21)15-17-7-5-11-29-30-17/h1-14,21,24H,15H2. The number of carbonyl (C=O) groups excluding carboxylic acids is 2. The quantitative estimate of drug-likeness (QED) is 0.385. The van der Waals surface area contributed by atoms with Crippen molar-refractivity contribution in [3.8, 4) is 0 Å². The summed E-state index contributed by atoms with van der Waals surface area (Å²) in [4.78, 5) is 35.9. The van der Waals surface area contributed by atoms with E-state index < -0.39 is 17.3 Å².